The van der Waals surface area contributed by atoms with Gasteiger partial charge in [0.25, 0.3) is 0 Å². The Hall–Kier alpha value is -2.03. The van der Waals surface area contributed by atoms with E-state index >= 15 is 0 Å². The summed E-state index contributed by atoms with van der Waals surface area (Å²) < 4.78 is 6.54. The first-order valence-corrected chi connectivity index (χ1v) is 9.71. The topological polar surface area (TPSA) is 66.4 Å². The molecule has 8 heteroatoms. The number of aryl methyl sites for hydroxylation is 1. The molecule has 3 aromatic rings. The zero-order chi connectivity index (χ0) is 18.1. The number of likely N-dealkylation sites (N-methyl/N-ethyl adjacent to an activating group) is 1. The van der Waals surface area contributed by atoms with E-state index in [1.165, 1.54) is 5.56 Å². The zero-order valence-corrected chi connectivity index (χ0v) is 16.3. The number of nitrogens with zero attached hydrogens (tertiary/aromatic N) is 5. The van der Waals surface area contributed by atoms with Crippen molar-refractivity contribution in [3.8, 4) is 0 Å². The van der Waals surface area contributed by atoms with Gasteiger partial charge >= 0.3 is 0 Å². The van der Waals surface area contributed by atoms with E-state index in [1.807, 2.05) is 0 Å². The minimum Gasteiger partial charge on any atom is -0.378 e. The maximum absolute atomic E-state index is 5.46. The van der Waals surface area contributed by atoms with Crippen LogP contribution in [0.15, 0.2) is 12.4 Å². The van der Waals surface area contributed by atoms with E-state index in [1.54, 1.807) is 17.7 Å². The molecule has 1 aliphatic heterocycles. The second-order valence-electron chi connectivity index (χ2n) is 6.81. The number of rotatable bonds is 5. The van der Waals surface area contributed by atoms with Crippen molar-refractivity contribution in [3.63, 3.8) is 0 Å². The van der Waals surface area contributed by atoms with E-state index < -0.39 is 0 Å². The molecule has 0 bridgehead atoms. The Morgan fingerprint density at radius 3 is 2.85 bits per heavy atom. The van der Waals surface area contributed by atoms with Crippen molar-refractivity contribution < 1.29 is 4.74 Å². The van der Waals surface area contributed by atoms with E-state index in [9.17, 15) is 0 Å². The van der Waals surface area contributed by atoms with Gasteiger partial charge in [-0.15, -0.1) is 11.3 Å². The standard InChI is InChI=1S/C18H24N6OS/c1-12-10-13(24-6-8-25-9-7-24)22-18-14(12)15-16(26-18)17(21-11-20-15)19-4-5-23(2)3/h10-11H,4-9H2,1-3H3,(H,19,20,21). The van der Waals surface area contributed by atoms with E-state index in [0.29, 0.717) is 0 Å². The smallest absolute Gasteiger partial charge is 0.147 e. The van der Waals surface area contributed by atoms with Crippen molar-refractivity contribution in [2.75, 3.05) is 63.7 Å². The Bertz CT molecular complexity index is 919. The van der Waals surface area contributed by atoms with Crippen molar-refractivity contribution in [1.82, 2.24) is 19.9 Å². The van der Waals surface area contributed by atoms with Gasteiger partial charge in [-0.25, -0.2) is 15.0 Å². The number of nitrogens with one attached hydrogen (secondary N) is 1. The van der Waals surface area contributed by atoms with Crippen LogP contribution in [0.4, 0.5) is 11.6 Å². The first-order chi connectivity index (χ1) is 12.6. The fourth-order valence-electron chi connectivity index (χ4n) is 3.21. The number of hydrogen-bond acceptors (Lipinski definition) is 8. The average molecular weight is 372 g/mol. The molecule has 1 N–H and O–H groups in total. The molecular weight excluding hydrogens is 348 g/mol. The van der Waals surface area contributed by atoms with E-state index in [4.69, 9.17) is 9.72 Å². The summed E-state index contributed by atoms with van der Waals surface area (Å²) >= 11 is 1.67. The molecule has 3 aromatic heterocycles. The van der Waals surface area contributed by atoms with E-state index in [0.717, 1.165) is 71.5 Å². The second kappa shape index (κ2) is 7.30. The van der Waals surface area contributed by atoms with Gasteiger partial charge in [-0.1, -0.05) is 0 Å². The zero-order valence-electron chi connectivity index (χ0n) is 15.4. The predicted octanol–water partition coefficient (Wildman–Crippen LogP) is 2.36. The first kappa shape index (κ1) is 17.4. The summed E-state index contributed by atoms with van der Waals surface area (Å²) in [6.07, 6.45) is 1.64. The molecule has 26 heavy (non-hydrogen) atoms. The van der Waals surface area contributed by atoms with Crippen LogP contribution in [0.2, 0.25) is 0 Å². The third-order valence-corrected chi connectivity index (χ3v) is 5.68. The van der Waals surface area contributed by atoms with Crippen molar-refractivity contribution in [1.29, 1.82) is 0 Å². The molecule has 1 fully saturated rings. The lowest BCUT2D eigenvalue weighted by atomic mass is 10.2. The number of fused-ring (bicyclic) bond motifs is 3. The summed E-state index contributed by atoms with van der Waals surface area (Å²) in [6.45, 7) is 7.24. The maximum atomic E-state index is 5.46. The summed E-state index contributed by atoms with van der Waals surface area (Å²) in [5.74, 6) is 1.92. The SMILES string of the molecule is Cc1cc(N2CCOCC2)nc2sc3c(NCCN(C)C)ncnc3c12. The van der Waals surface area contributed by atoms with Gasteiger partial charge in [0.1, 0.15) is 22.8 Å². The number of anilines is 2. The molecule has 4 rings (SSSR count). The predicted molar refractivity (Wildman–Crippen MR) is 108 cm³/mol. The Morgan fingerprint density at radius 1 is 1.27 bits per heavy atom. The first-order valence-electron chi connectivity index (χ1n) is 8.89. The number of pyridine rings is 1. The third kappa shape index (κ3) is 3.32. The number of hydrogen-bond donors (Lipinski definition) is 1. The molecule has 0 aliphatic carbocycles. The third-order valence-electron chi connectivity index (χ3n) is 4.60. The summed E-state index contributed by atoms with van der Waals surface area (Å²) in [5.41, 5.74) is 2.20. The summed E-state index contributed by atoms with van der Waals surface area (Å²) in [6, 6.07) is 2.17. The highest BCUT2D eigenvalue weighted by molar-refractivity contribution is 7.26. The van der Waals surface area contributed by atoms with Gasteiger partial charge in [-0.05, 0) is 32.6 Å². The molecule has 0 aromatic carbocycles. The average Bonchev–Trinajstić information content (AvgIpc) is 3.02. The molecular formula is C18H24N6OS. The highest BCUT2D eigenvalue weighted by Crippen LogP contribution is 2.37. The Balaban J connectivity index is 1.74. The Kier molecular flexibility index (Phi) is 4.88. The van der Waals surface area contributed by atoms with Gasteiger partial charge in [0.15, 0.2) is 0 Å². The lowest BCUT2D eigenvalue weighted by Gasteiger charge is -2.28. The van der Waals surface area contributed by atoms with Crippen LogP contribution >= 0.6 is 11.3 Å². The van der Waals surface area contributed by atoms with E-state index in [-0.39, 0.29) is 0 Å². The maximum Gasteiger partial charge on any atom is 0.147 e. The number of aromatic nitrogens is 3. The quantitative estimate of drug-likeness (QED) is 0.737. The van der Waals surface area contributed by atoms with Crippen molar-refractivity contribution in [3.05, 3.63) is 18.0 Å². The van der Waals surface area contributed by atoms with E-state index in [2.05, 4.69) is 52.2 Å². The molecule has 0 amide bonds. The minimum absolute atomic E-state index is 0.761. The molecule has 0 unspecified atom stereocenters. The monoisotopic (exact) mass is 372 g/mol. The minimum atomic E-state index is 0.761. The molecule has 0 saturated carbocycles. The highest BCUT2D eigenvalue weighted by atomic mass is 32.1. The van der Waals surface area contributed by atoms with Crippen molar-refractivity contribution in [2.24, 2.45) is 0 Å². The van der Waals surface area contributed by atoms with Crippen molar-refractivity contribution in [2.45, 2.75) is 6.92 Å². The highest BCUT2D eigenvalue weighted by Gasteiger charge is 2.18. The van der Waals surface area contributed by atoms with Crippen molar-refractivity contribution >= 4 is 43.4 Å². The van der Waals surface area contributed by atoms with Gasteiger partial charge in [0.2, 0.25) is 0 Å². The normalized spacial score (nSPS) is 15.3. The number of thiophene rings is 1. The lowest BCUT2D eigenvalue weighted by molar-refractivity contribution is 0.122. The summed E-state index contributed by atoms with van der Waals surface area (Å²) in [5, 5.41) is 4.58. The van der Waals surface area contributed by atoms with Gasteiger partial charge in [0, 0.05) is 31.6 Å². The molecule has 7 nitrogen and oxygen atoms in total. The fourth-order valence-corrected chi connectivity index (χ4v) is 4.38. The Morgan fingerprint density at radius 2 is 2.08 bits per heavy atom. The largest absolute Gasteiger partial charge is 0.378 e. The summed E-state index contributed by atoms with van der Waals surface area (Å²) in [7, 11) is 4.13. The lowest BCUT2D eigenvalue weighted by Crippen LogP contribution is -2.36. The van der Waals surface area contributed by atoms with Crippen LogP contribution in [0, 0.1) is 6.92 Å². The number of ether oxygens (including phenoxy) is 1. The van der Waals surface area contributed by atoms with Crippen LogP contribution in [0.3, 0.4) is 0 Å². The molecule has 0 spiro atoms. The molecule has 138 valence electrons. The van der Waals surface area contributed by atoms with Crippen LogP contribution in [-0.2, 0) is 4.74 Å². The Labute approximate surface area is 157 Å². The van der Waals surface area contributed by atoms with Crippen LogP contribution in [0.1, 0.15) is 5.56 Å². The van der Waals surface area contributed by atoms with Gasteiger partial charge in [0.05, 0.1) is 23.4 Å². The van der Waals surface area contributed by atoms with Gasteiger partial charge < -0.3 is 19.9 Å². The van der Waals surface area contributed by atoms with Crippen LogP contribution in [0.5, 0.6) is 0 Å². The van der Waals surface area contributed by atoms with Crippen LogP contribution < -0.4 is 10.2 Å². The molecule has 1 saturated heterocycles. The molecule has 0 atom stereocenters. The van der Waals surface area contributed by atoms with Crippen LogP contribution in [0.25, 0.3) is 20.4 Å². The number of morpholine rings is 1. The summed E-state index contributed by atoms with van der Waals surface area (Å²) in [4.78, 5) is 19.4. The molecule has 0 radical (unpaired) electrons. The fraction of sp³-hybridized carbons (Fsp3) is 0.500. The van der Waals surface area contributed by atoms with Gasteiger partial charge in [-0.2, -0.15) is 0 Å². The van der Waals surface area contributed by atoms with Crippen LogP contribution in [-0.4, -0.2) is 73.3 Å². The molecule has 1 aliphatic rings. The molecule has 4 heterocycles. The van der Waals surface area contributed by atoms with Gasteiger partial charge in [-0.3, -0.25) is 0 Å². The second-order valence-corrected chi connectivity index (χ2v) is 7.81.